The van der Waals surface area contributed by atoms with Gasteiger partial charge in [-0.3, -0.25) is 4.79 Å². The van der Waals surface area contributed by atoms with Gasteiger partial charge in [-0.1, -0.05) is 41.6 Å². The van der Waals surface area contributed by atoms with Gasteiger partial charge in [-0.2, -0.15) is 18.4 Å². The third-order valence-electron chi connectivity index (χ3n) is 6.45. The van der Waals surface area contributed by atoms with Crippen LogP contribution in [-0.4, -0.2) is 32.0 Å². The fraction of sp³-hybridized carbons (Fsp3) is 0.100. The van der Waals surface area contributed by atoms with Gasteiger partial charge in [0.05, 0.1) is 34.9 Å². The highest BCUT2D eigenvalue weighted by Gasteiger charge is 2.30. The summed E-state index contributed by atoms with van der Waals surface area (Å²) in [6, 6.07) is 23.0. The molecule has 41 heavy (non-hydrogen) atoms. The summed E-state index contributed by atoms with van der Waals surface area (Å²) in [6.45, 7) is 0.170. The molecule has 4 aromatic carbocycles. The van der Waals surface area contributed by atoms with Gasteiger partial charge in [0.15, 0.2) is 0 Å². The molecule has 0 aliphatic carbocycles. The predicted molar refractivity (Wildman–Crippen MR) is 143 cm³/mol. The molecule has 0 aliphatic rings. The molecule has 0 aliphatic heterocycles. The van der Waals surface area contributed by atoms with Crippen LogP contribution < -0.4 is 5.32 Å². The van der Waals surface area contributed by atoms with Crippen molar-refractivity contribution in [3.8, 4) is 17.2 Å². The fourth-order valence-corrected chi connectivity index (χ4v) is 4.35. The van der Waals surface area contributed by atoms with Crippen LogP contribution in [0.1, 0.15) is 43.0 Å². The highest BCUT2D eigenvalue weighted by molar-refractivity contribution is 6.06. The summed E-state index contributed by atoms with van der Waals surface area (Å²) in [5, 5.41) is 29.6. The van der Waals surface area contributed by atoms with Crippen molar-refractivity contribution in [2.45, 2.75) is 19.3 Å². The van der Waals surface area contributed by atoms with Crippen LogP contribution in [0.25, 0.3) is 22.2 Å². The number of carboxylic acids is 1. The first kappa shape index (κ1) is 27.1. The second-order valence-corrected chi connectivity index (χ2v) is 9.21. The number of hydrogen-bond donors (Lipinski definition) is 2. The molecule has 0 unspecified atom stereocenters. The molecule has 0 spiro atoms. The Morgan fingerprint density at radius 2 is 1.63 bits per heavy atom. The largest absolute Gasteiger partial charge is 0.478 e. The second kappa shape index (κ2) is 10.9. The maximum Gasteiger partial charge on any atom is 0.416 e. The minimum absolute atomic E-state index is 0.0643. The van der Waals surface area contributed by atoms with Gasteiger partial charge in [-0.15, -0.1) is 5.10 Å². The van der Waals surface area contributed by atoms with Gasteiger partial charge in [0, 0.05) is 6.54 Å². The Labute approximate surface area is 231 Å². The number of rotatable bonds is 7. The molecule has 1 heterocycles. The van der Waals surface area contributed by atoms with E-state index in [4.69, 9.17) is 5.11 Å². The molecule has 0 saturated heterocycles. The van der Waals surface area contributed by atoms with E-state index in [9.17, 15) is 28.0 Å². The minimum atomic E-state index is -4.46. The number of alkyl halides is 3. The van der Waals surface area contributed by atoms with Crippen molar-refractivity contribution in [2.75, 3.05) is 0 Å². The van der Waals surface area contributed by atoms with E-state index >= 15 is 0 Å². The fourth-order valence-electron chi connectivity index (χ4n) is 4.35. The normalized spacial score (nSPS) is 11.3. The smallest absolute Gasteiger partial charge is 0.416 e. The van der Waals surface area contributed by atoms with Crippen molar-refractivity contribution >= 4 is 22.9 Å². The molecule has 8 nitrogen and oxygen atoms in total. The molecule has 0 bridgehead atoms. The summed E-state index contributed by atoms with van der Waals surface area (Å²) in [7, 11) is 0. The summed E-state index contributed by atoms with van der Waals surface area (Å²) in [4.78, 5) is 24.6. The summed E-state index contributed by atoms with van der Waals surface area (Å²) in [5.41, 5.74) is 3.26. The van der Waals surface area contributed by atoms with E-state index in [1.807, 2.05) is 0 Å². The highest BCUT2D eigenvalue weighted by Crippen LogP contribution is 2.30. The van der Waals surface area contributed by atoms with E-state index in [-0.39, 0.29) is 24.2 Å². The third kappa shape index (κ3) is 5.91. The number of amides is 1. The molecule has 0 radical (unpaired) electrons. The number of aromatic carboxylic acids is 1. The van der Waals surface area contributed by atoms with Gasteiger partial charge >= 0.3 is 12.1 Å². The molecule has 11 heteroatoms. The van der Waals surface area contributed by atoms with Crippen LogP contribution in [0.5, 0.6) is 0 Å². The first-order valence-corrected chi connectivity index (χ1v) is 12.3. The summed E-state index contributed by atoms with van der Waals surface area (Å²) >= 11 is 0. The van der Waals surface area contributed by atoms with Crippen molar-refractivity contribution in [1.29, 1.82) is 5.26 Å². The van der Waals surface area contributed by atoms with Crippen LogP contribution in [0.2, 0.25) is 0 Å². The lowest BCUT2D eigenvalue weighted by atomic mass is 9.99. The van der Waals surface area contributed by atoms with Crippen LogP contribution in [-0.2, 0) is 19.3 Å². The number of nitriles is 1. The average molecular weight is 556 g/mol. The number of fused-ring (bicyclic) bond motifs is 1. The number of halogens is 3. The van der Waals surface area contributed by atoms with Crippen molar-refractivity contribution in [3.63, 3.8) is 0 Å². The average Bonchev–Trinajstić information content (AvgIpc) is 3.38. The number of carboxylic acid groups (broad SMARTS) is 1. The van der Waals surface area contributed by atoms with Crippen LogP contribution in [0.15, 0.2) is 84.9 Å². The lowest BCUT2D eigenvalue weighted by Gasteiger charge is -2.12. The van der Waals surface area contributed by atoms with E-state index < -0.39 is 23.6 Å². The van der Waals surface area contributed by atoms with Crippen LogP contribution in [0.3, 0.4) is 0 Å². The molecular weight excluding hydrogens is 535 g/mol. The zero-order chi connectivity index (χ0) is 29.1. The molecule has 1 aromatic heterocycles. The number of aromatic nitrogens is 3. The number of nitrogens with zero attached hydrogens (tertiary/aromatic N) is 4. The Morgan fingerprint density at radius 1 is 0.927 bits per heavy atom. The van der Waals surface area contributed by atoms with E-state index in [2.05, 4.69) is 21.7 Å². The number of hydrogen-bond acceptors (Lipinski definition) is 5. The third-order valence-corrected chi connectivity index (χ3v) is 6.45. The first-order valence-electron chi connectivity index (χ1n) is 12.3. The minimum Gasteiger partial charge on any atom is -0.478 e. The van der Waals surface area contributed by atoms with Crippen LogP contribution >= 0.6 is 0 Å². The Balaban J connectivity index is 1.52. The standard InChI is InChI=1S/C30H20F3N5O3/c31-30(32,33)24-10-6-19(7-11-24)17-38-27-25(28(39)35-16-18-4-8-21(9-5-18)29(40)41)13-23(14-26(27)36-37-38)22-3-1-2-20(12-22)15-34/h1-14H,16-17H2,(H,35,39)(H,40,41). The van der Waals surface area contributed by atoms with Crippen molar-refractivity contribution in [2.24, 2.45) is 0 Å². The summed E-state index contributed by atoms with van der Waals surface area (Å²) in [6.07, 6.45) is -4.46. The van der Waals surface area contributed by atoms with Gasteiger partial charge in [-0.25, -0.2) is 9.48 Å². The summed E-state index contributed by atoms with van der Waals surface area (Å²) < 4.78 is 40.5. The van der Waals surface area contributed by atoms with Crippen LogP contribution in [0.4, 0.5) is 13.2 Å². The molecule has 0 saturated carbocycles. The second-order valence-electron chi connectivity index (χ2n) is 9.21. The topological polar surface area (TPSA) is 121 Å². The zero-order valence-corrected chi connectivity index (χ0v) is 21.2. The maximum atomic E-state index is 13.5. The quantitative estimate of drug-likeness (QED) is 0.267. The van der Waals surface area contributed by atoms with Gasteiger partial charge in [0.25, 0.3) is 5.91 Å². The molecule has 0 fully saturated rings. The van der Waals surface area contributed by atoms with Crippen LogP contribution in [0, 0.1) is 11.3 Å². The van der Waals surface area contributed by atoms with Gasteiger partial charge in [-0.05, 0) is 70.8 Å². The van der Waals surface area contributed by atoms with Crippen molar-refractivity contribution in [3.05, 3.63) is 118 Å². The SMILES string of the molecule is N#Cc1cccc(-c2cc(C(=O)NCc3ccc(C(=O)O)cc3)c3c(c2)nnn3Cc2ccc(C(F)(F)F)cc2)c1. The van der Waals surface area contributed by atoms with Gasteiger partial charge in [0.1, 0.15) is 11.0 Å². The Bertz CT molecular complexity index is 1810. The molecule has 2 N–H and O–H groups in total. The number of carbonyl (C=O) groups is 2. The highest BCUT2D eigenvalue weighted by atomic mass is 19.4. The maximum absolute atomic E-state index is 13.5. The Kier molecular flexibility index (Phi) is 7.22. The van der Waals surface area contributed by atoms with E-state index in [1.165, 1.54) is 28.9 Å². The molecule has 204 valence electrons. The van der Waals surface area contributed by atoms with E-state index in [0.717, 1.165) is 12.1 Å². The number of benzene rings is 4. The lowest BCUT2D eigenvalue weighted by Crippen LogP contribution is -2.24. The van der Waals surface area contributed by atoms with Gasteiger partial charge < -0.3 is 10.4 Å². The lowest BCUT2D eigenvalue weighted by molar-refractivity contribution is -0.137. The zero-order valence-electron chi connectivity index (χ0n) is 21.2. The van der Waals surface area contributed by atoms with E-state index in [1.54, 1.807) is 48.5 Å². The molecule has 5 aromatic rings. The number of carbonyl (C=O) groups excluding carboxylic acids is 1. The molecular formula is C30H20F3N5O3. The molecule has 5 rings (SSSR count). The Hall–Kier alpha value is -5.50. The van der Waals surface area contributed by atoms with E-state index in [0.29, 0.717) is 38.9 Å². The van der Waals surface area contributed by atoms with Gasteiger partial charge in [0.2, 0.25) is 0 Å². The molecule has 0 atom stereocenters. The predicted octanol–water partition coefficient (Wildman–Crippen LogP) is 5.67. The molecule has 1 amide bonds. The summed E-state index contributed by atoms with van der Waals surface area (Å²) in [5.74, 6) is -1.53. The van der Waals surface area contributed by atoms with Crippen molar-refractivity contribution < 1.29 is 27.9 Å². The monoisotopic (exact) mass is 555 g/mol. The van der Waals surface area contributed by atoms with Crippen molar-refractivity contribution in [1.82, 2.24) is 20.3 Å². The Morgan fingerprint density at radius 3 is 2.29 bits per heavy atom. The number of nitrogens with one attached hydrogen (secondary N) is 1. The first-order chi connectivity index (χ1) is 19.6.